The van der Waals surface area contributed by atoms with E-state index in [-0.39, 0.29) is 5.91 Å². The van der Waals surface area contributed by atoms with E-state index >= 15 is 0 Å². The number of hydrogen-bond donors (Lipinski definition) is 2. The second-order valence-corrected chi connectivity index (χ2v) is 4.48. The van der Waals surface area contributed by atoms with E-state index in [2.05, 4.69) is 20.6 Å². The van der Waals surface area contributed by atoms with Crippen LogP contribution in [0.2, 0.25) is 0 Å². The monoisotopic (exact) mass is 286 g/mol. The van der Waals surface area contributed by atoms with Crippen molar-refractivity contribution in [2.24, 2.45) is 0 Å². The molecule has 1 aromatic carbocycles. The van der Waals surface area contributed by atoms with Crippen LogP contribution in [0.3, 0.4) is 0 Å². The van der Waals surface area contributed by atoms with Crippen molar-refractivity contribution in [2.75, 3.05) is 17.2 Å². The Morgan fingerprint density at radius 3 is 2.76 bits per heavy atom. The van der Waals surface area contributed by atoms with Crippen molar-refractivity contribution in [3.8, 4) is 11.6 Å². The summed E-state index contributed by atoms with van der Waals surface area (Å²) in [4.78, 5) is 19.8. The summed E-state index contributed by atoms with van der Waals surface area (Å²) < 4.78 is 5.77. The molecule has 0 atom stereocenters. The molecule has 2 aromatic rings. The van der Waals surface area contributed by atoms with E-state index < -0.39 is 0 Å². The van der Waals surface area contributed by atoms with E-state index in [9.17, 15) is 4.79 Å². The molecule has 0 aliphatic carbocycles. The van der Waals surface area contributed by atoms with Crippen molar-refractivity contribution in [3.63, 3.8) is 0 Å². The fourth-order valence-electron chi connectivity index (χ4n) is 1.79. The molecule has 0 aliphatic rings. The minimum Gasteiger partial charge on any atom is -0.437 e. The molecule has 0 saturated carbocycles. The highest BCUT2D eigenvalue weighted by Gasteiger charge is 2.08. The van der Waals surface area contributed by atoms with Gasteiger partial charge in [0.2, 0.25) is 17.7 Å². The zero-order valence-electron chi connectivity index (χ0n) is 12.3. The third-order valence-electron chi connectivity index (χ3n) is 2.58. The molecule has 0 fully saturated rings. The van der Waals surface area contributed by atoms with Crippen molar-refractivity contribution < 1.29 is 9.53 Å². The smallest absolute Gasteiger partial charge is 0.226 e. The maximum absolute atomic E-state index is 11.2. The third kappa shape index (κ3) is 4.17. The van der Waals surface area contributed by atoms with Crippen molar-refractivity contribution in [1.29, 1.82) is 0 Å². The van der Waals surface area contributed by atoms with Gasteiger partial charge in [0.15, 0.2) is 5.75 Å². The topological polar surface area (TPSA) is 76.1 Å². The minimum absolute atomic E-state index is 0.154. The standard InChI is InChI=1S/C15H18N4O2/c1-4-16-15-17-10(2)9-14(19-15)21-13-8-6-5-7-12(13)18-11(3)20/h5-9H,4H2,1-3H3,(H,18,20)(H,16,17,19). The van der Waals surface area contributed by atoms with Gasteiger partial charge in [-0.15, -0.1) is 0 Å². The Balaban J connectivity index is 2.27. The molecule has 1 amide bonds. The van der Waals surface area contributed by atoms with Crippen LogP contribution in [-0.2, 0) is 4.79 Å². The summed E-state index contributed by atoms with van der Waals surface area (Å²) in [5.74, 6) is 1.33. The normalized spacial score (nSPS) is 10.0. The predicted octanol–water partition coefficient (Wildman–Crippen LogP) is 2.97. The van der Waals surface area contributed by atoms with Crippen molar-refractivity contribution in [2.45, 2.75) is 20.8 Å². The molecule has 21 heavy (non-hydrogen) atoms. The lowest BCUT2D eigenvalue weighted by molar-refractivity contribution is -0.114. The van der Waals surface area contributed by atoms with Gasteiger partial charge in [-0.2, -0.15) is 4.98 Å². The number of aromatic nitrogens is 2. The lowest BCUT2D eigenvalue weighted by Crippen LogP contribution is -2.07. The highest BCUT2D eigenvalue weighted by molar-refractivity contribution is 5.90. The largest absolute Gasteiger partial charge is 0.437 e. The fourth-order valence-corrected chi connectivity index (χ4v) is 1.79. The summed E-state index contributed by atoms with van der Waals surface area (Å²) >= 11 is 0. The molecule has 2 rings (SSSR count). The summed E-state index contributed by atoms with van der Waals surface area (Å²) in [5.41, 5.74) is 1.40. The number of nitrogens with one attached hydrogen (secondary N) is 2. The quantitative estimate of drug-likeness (QED) is 0.883. The highest BCUT2D eigenvalue weighted by atomic mass is 16.5. The molecule has 1 heterocycles. The van der Waals surface area contributed by atoms with Gasteiger partial charge in [0.1, 0.15) is 0 Å². The first-order valence-corrected chi connectivity index (χ1v) is 6.72. The Kier molecular flexibility index (Phi) is 4.71. The van der Waals surface area contributed by atoms with Crippen LogP contribution in [0.1, 0.15) is 19.5 Å². The predicted molar refractivity (Wildman–Crippen MR) is 81.8 cm³/mol. The number of hydrogen-bond acceptors (Lipinski definition) is 5. The molecule has 0 saturated heterocycles. The van der Waals surface area contributed by atoms with E-state index in [1.807, 2.05) is 26.0 Å². The van der Waals surface area contributed by atoms with Gasteiger partial charge < -0.3 is 15.4 Å². The molecule has 0 spiro atoms. The van der Waals surface area contributed by atoms with Gasteiger partial charge in [-0.25, -0.2) is 4.98 Å². The summed E-state index contributed by atoms with van der Waals surface area (Å²) in [6, 6.07) is 8.95. The van der Waals surface area contributed by atoms with Gasteiger partial charge >= 0.3 is 0 Å². The Morgan fingerprint density at radius 2 is 2.05 bits per heavy atom. The van der Waals surface area contributed by atoms with E-state index in [0.29, 0.717) is 23.3 Å². The molecular formula is C15H18N4O2. The number of para-hydroxylation sites is 2. The lowest BCUT2D eigenvalue weighted by Gasteiger charge is -2.12. The first-order chi connectivity index (χ1) is 10.1. The minimum atomic E-state index is -0.154. The van der Waals surface area contributed by atoms with Crippen molar-refractivity contribution >= 4 is 17.5 Å². The van der Waals surface area contributed by atoms with Gasteiger partial charge in [0.25, 0.3) is 0 Å². The lowest BCUT2D eigenvalue weighted by atomic mass is 10.3. The van der Waals surface area contributed by atoms with Gasteiger partial charge in [0.05, 0.1) is 5.69 Å². The average molecular weight is 286 g/mol. The molecule has 0 aliphatic heterocycles. The number of aryl methyl sites for hydroxylation is 1. The number of carbonyl (C=O) groups excluding carboxylic acids is 1. The molecule has 1 aromatic heterocycles. The molecule has 6 heteroatoms. The van der Waals surface area contributed by atoms with Crippen LogP contribution in [0, 0.1) is 6.92 Å². The summed E-state index contributed by atoms with van der Waals surface area (Å²) in [6.45, 7) is 6.02. The summed E-state index contributed by atoms with van der Waals surface area (Å²) in [7, 11) is 0. The third-order valence-corrected chi connectivity index (χ3v) is 2.58. The molecule has 2 N–H and O–H groups in total. The van der Waals surface area contributed by atoms with E-state index in [4.69, 9.17) is 4.74 Å². The van der Waals surface area contributed by atoms with Crippen molar-refractivity contribution in [1.82, 2.24) is 9.97 Å². The van der Waals surface area contributed by atoms with Crippen LogP contribution < -0.4 is 15.4 Å². The zero-order chi connectivity index (χ0) is 15.2. The molecule has 110 valence electrons. The average Bonchev–Trinajstić information content (AvgIpc) is 2.40. The van der Waals surface area contributed by atoms with Gasteiger partial charge in [-0.05, 0) is 26.0 Å². The molecule has 0 unspecified atom stereocenters. The Hall–Kier alpha value is -2.63. The van der Waals surface area contributed by atoms with Gasteiger partial charge in [-0.1, -0.05) is 12.1 Å². The number of ether oxygens (including phenoxy) is 1. The number of amides is 1. The maximum atomic E-state index is 11.2. The van der Waals surface area contributed by atoms with Gasteiger partial charge in [-0.3, -0.25) is 4.79 Å². The number of carbonyl (C=O) groups is 1. The van der Waals surface area contributed by atoms with Crippen LogP contribution in [0.4, 0.5) is 11.6 Å². The number of anilines is 2. The first kappa shape index (κ1) is 14.8. The highest BCUT2D eigenvalue weighted by Crippen LogP contribution is 2.28. The fraction of sp³-hybridized carbons (Fsp3) is 0.267. The second-order valence-electron chi connectivity index (χ2n) is 4.48. The molecule has 6 nitrogen and oxygen atoms in total. The van der Waals surface area contributed by atoms with Gasteiger partial charge in [0, 0.05) is 25.2 Å². The second kappa shape index (κ2) is 6.69. The number of rotatable bonds is 5. The number of nitrogens with zero attached hydrogens (tertiary/aromatic N) is 2. The van der Waals surface area contributed by atoms with E-state index in [1.54, 1.807) is 18.2 Å². The number of benzene rings is 1. The summed E-state index contributed by atoms with van der Waals surface area (Å²) in [6.07, 6.45) is 0. The summed E-state index contributed by atoms with van der Waals surface area (Å²) in [5, 5.41) is 5.77. The molecule has 0 radical (unpaired) electrons. The van der Waals surface area contributed by atoms with E-state index in [1.165, 1.54) is 6.92 Å². The zero-order valence-corrected chi connectivity index (χ0v) is 12.3. The van der Waals surface area contributed by atoms with Crippen LogP contribution in [-0.4, -0.2) is 22.4 Å². The van der Waals surface area contributed by atoms with Crippen molar-refractivity contribution in [3.05, 3.63) is 36.0 Å². The molecular weight excluding hydrogens is 268 g/mol. The van der Waals surface area contributed by atoms with Crippen LogP contribution in [0.15, 0.2) is 30.3 Å². The maximum Gasteiger partial charge on any atom is 0.226 e. The van der Waals surface area contributed by atoms with Crippen LogP contribution in [0.5, 0.6) is 11.6 Å². The molecule has 0 bridgehead atoms. The first-order valence-electron chi connectivity index (χ1n) is 6.72. The SMILES string of the molecule is CCNc1nc(C)cc(Oc2ccccc2NC(C)=O)n1. The Morgan fingerprint density at radius 1 is 1.29 bits per heavy atom. The van der Waals surface area contributed by atoms with Crippen LogP contribution in [0.25, 0.3) is 0 Å². The Labute approximate surface area is 123 Å². The van der Waals surface area contributed by atoms with E-state index in [0.717, 1.165) is 12.2 Å². The van der Waals surface area contributed by atoms with Crippen LogP contribution >= 0.6 is 0 Å². The Bertz CT molecular complexity index is 643.